The molecule has 1 aliphatic rings. The third-order valence-electron chi connectivity index (χ3n) is 5.81. The highest BCUT2D eigenvalue weighted by Gasteiger charge is 2.22. The van der Waals surface area contributed by atoms with E-state index >= 15 is 0 Å². The largest absolute Gasteiger partial charge is 0.358 e. The standard InChI is InChI=1S/C22H23BrN4S/c1-14-4-2-3-5-17(14)25-22-26-18-8-6-15(10-21(18)28-22)12-27-13-24-19-11-16(23)7-9-20(19)27/h6-11,13-14,17H,2-5,12H2,1H3,(H,25,26). The fourth-order valence-corrected chi connectivity index (χ4v) is 5.52. The number of nitrogens with zero attached hydrogens (tertiary/aromatic N) is 3. The van der Waals surface area contributed by atoms with E-state index in [0.717, 1.165) is 38.6 Å². The van der Waals surface area contributed by atoms with Gasteiger partial charge in [0.2, 0.25) is 0 Å². The summed E-state index contributed by atoms with van der Waals surface area (Å²) in [5, 5.41) is 4.76. The molecule has 2 aromatic carbocycles. The number of thiazole rings is 1. The van der Waals surface area contributed by atoms with E-state index in [1.54, 1.807) is 11.3 Å². The monoisotopic (exact) mass is 454 g/mol. The number of fused-ring (bicyclic) bond motifs is 2. The molecule has 144 valence electrons. The summed E-state index contributed by atoms with van der Waals surface area (Å²) < 4.78 is 4.51. The minimum atomic E-state index is 0.561. The van der Waals surface area contributed by atoms with Crippen molar-refractivity contribution >= 4 is 53.6 Å². The molecule has 1 saturated carbocycles. The highest BCUT2D eigenvalue weighted by atomic mass is 79.9. The minimum Gasteiger partial charge on any atom is -0.358 e. The van der Waals surface area contributed by atoms with Gasteiger partial charge in [-0.15, -0.1) is 0 Å². The van der Waals surface area contributed by atoms with E-state index in [1.165, 1.54) is 35.9 Å². The predicted octanol–water partition coefficient (Wildman–Crippen LogP) is 6.45. The second kappa shape index (κ2) is 7.48. The molecule has 28 heavy (non-hydrogen) atoms. The van der Waals surface area contributed by atoms with Crippen molar-refractivity contribution in [3.8, 4) is 0 Å². The van der Waals surface area contributed by atoms with Crippen molar-refractivity contribution in [3.05, 3.63) is 52.8 Å². The van der Waals surface area contributed by atoms with E-state index < -0.39 is 0 Å². The molecule has 0 saturated heterocycles. The van der Waals surface area contributed by atoms with Crippen LogP contribution in [0.3, 0.4) is 0 Å². The van der Waals surface area contributed by atoms with Crippen molar-refractivity contribution in [2.24, 2.45) is 5.92 Å². The molecule has 0 aliphatic heterocycles. The molecule has 1 fully saturated rings. The van der Waals surface area contributed by atoms with Crippen LogP contribution in [0.4, 0.5) is 5.13 Å². The maximum absolute atomic E-state index is 4.82. The molecule has 6 heteroatoms. The summed E-state index contributed by atoms with van der Waals surface area (Å²) in [5.74, 6) is 0.728. The van der Waals surface area contributed by atoms with Gasteiger partial charge < -0.3 is 9.88 Å². The zero-order valence-corrected chi connectivity index (χ0v) is 18.3. The lowest BCUT2D eigenvalue weighted by Crippen LogP contribution is -2.30. The van der Waals surface area contributed by atoms with E-state index in [9.17, 15) is 0 Å². The van der Waals surface area contributed by atoms with Crippen LogP contribution in [0, 0.1) is 5.92 Å². The number of benzene rings is 2. The molecule has 0 bridgehead atoms. The second-order valence-electron chi connectivity index (χ2n) is 7.84. The average Bonchev–Trinajstić information content (AvgIpc) is 3.26. The summed E-state index contributed by atoms with van der Waals surface area (Å²) in [4.78, 5) is 9.35. The molecule has 0 spiro atoms. The first-order valence-electron chi connectivity index (χ1n) is 9.92. The first kappa shape index (κ1) is 18.1. The van der Waals surface area contributed by atoms with Crippen LogP contribution in [0.5, 0.6) is 0 Å². The van der Waals surface area contributed by atoms with Crippen molar-refractivity contribution in [2.75, 3.05) is 5.32 Å². The Labute approximate surface area is 177 Å². The van der Waals surface area contributed by atoms with Crippen LogP contribution in [0.1, 0.15) is 38.2 Å². The molecule has 1 N–H and O–H groups in total. The number of nitrogens with one attached hydrogen (secondary N) is 1. The normalized spacial score (nSPS) is 20.1. The van der Waals surface area contributed by atoms with Gasteiger partial charge in [-0.1, -0.05) is 53.1 Å². The second-order valence-corrected chi connectivity index (χ2v) is 9.79. The fraction of sp³-hybridized carbons (Fsp3) is 0.364. The quantitative estimate of drug-likeness (QED) is 0.385. The van der Waals surface area contributed by atoms with E-state index in [1.807, 2.05) is 6.33 Å². The smallest absolute Gasteiger partial charge is 0.184 e. The predicted molar refractivity (Wildman–Crippen MR) is 121 cm³/mol. The van der Waals surface area contributed by atoms with Crippen molar-refractivity contribution in [2.45, 2.75) is 45.2 Å². The Bertz CT molecular complexity index is 1130. The minimum absolute atomic E-state index is 0.561. The number of imidazole rings is 1. The number of hydrogen-bond donors (Lipinski definition) is 1. The molecule has 2 heterocycles. The van der Waals surface area contributed by atoms with E-state index in [4.69, 9.17) is 4.98 Å². The van der Waals surface area contributed by atoms with Crippen LogP contribution in [-0.4, -0.2) is 20.6 Å². The first-order chi connectivity index (χ1) is 13.7. The third-order valence-corrected chi connectivity index (χ3v) is 7.25. The van der Waals surface area contributed by atoms with Crippen molar-refractivity contribution in [3.63, 3.8) is 0 Å². The molecule has 0 radical (unpaired) electrons. The fourth-order valence-electron chi connectivity index (χ4n) is 4.18. The molecule has 4 nitrogen and oxygen atoms in total. The number of hydrogen-bond acceptors (Lipinski definition) is 4. The van der Waals surface area contributed by atoms with E-state index in [2.05, 4.69) is 74.1 Å². The van der Waals surface area contributed by atoms with E-state index in [-0.39, 0.29) is 0 Å². The zero-order chi connectivity index (χ0) is 19.1. The van der Waals surface area contributed by atoms with Gasteiger partial charge in [0, 0.05) is 17.1 Å². The number of halogens is 1. The Kier molecular flexibility index (Phi) is 4.85. The van der Waals surface area contributed by atoms with Gasteiger partial charge >= 0.3 is 0 Å². The van der Waals surface area contributed by atoms with Gasteiger partial charge in [0.1, 0.15) is 0 Å². The maximum Gasteiger partial charge on any atom is 0.184 e. The van der Waals surface area contributed by atoms with Crippen molar-refractivity contribution in [1.29, 1.82) is 0 Å². The summed E-state index contributed by atoms with van der Waals surface area (Å²) >= 11 is 5.29. The summed E-state index contributed by atoms with van der Waals surface area (Å²) in [6.45, 7) is 3.17. The van der Waals surface area contributed by atoms with Gasteiger partial charge in [-0.3, -0.25) is 0 Å². The lowest BCUT2D eigenvalue weighted by atomic mass is 9.86. The molecule has 4 aromatic rings. The van der Waals surface area contributed by atoms with Crippen LogP contribution >= 0.6 is 27.3 Å². The molecule has 2 unspecified atom stereocenters. The highest BCUT2D eigenvalue weighted by molar-refractivity contribution is 9.10. The van der Waals surface area contributed by atoms with Crippen LogP contribution in [0.25, 0.3) is 21.3 Å². The molecule has 5 rings (SSSR count). The first-order valence-corrected chi connectivity index (χ1v) is 11.5. The number of anilines is 1. The molecular formula is C22H23BrN4S. The van der Waals surface area contributed by atoms with E-state index in [0.29, 0.717) is 6.04 Å². The number of aromatic nitrogens is 3. The number of rotatable bonds is 4. The Morgan fingerprint density at radius 1 is 1.14 bits per heavy atom. The summed E-state index contributed by atoms with van der Waals surface area (Å²) in [6, 6.07) is 13.4. The molecule has 0 amide bonds. The molecule has 2 aromatic heterocycles. The van der Waals surface area contributed by atoms with Gasteiger partial charge in [-0.2, -0.15) is 0 Å². The van der Waals surface area contributed by atoms with Crippen LogP contribution in [0.15, 0.2) is 47.2 Å². The lowest BCUT2D eigenvalue weighted by Gasteiger charge is -2.29. The van der Waals surface area contributed by atoms with Gasteiger partial charge in [0.25, 0.3) is 0 Å². The van der Waals surface area contributed by atoms with Crippen LogP contribution in [-0.2, 0) is 6.54 Å². The lowest BCUT2D eigenvalue weighted by molar-refractivity contribution is 0.349. The highest BCUT2D eigenvalue weighted by Crippen LogP contribution is 2.32. The van der Waals surface area contributed by atoms with Gasteiger partial charge in [-0.05, 0) is 54.7 Å². The van der Waals surface area contributed by atoms with Crippen LogP contribution in [0.2, 0.25) is 0 Å². The Balaban J connectivity index is 1.38. The molecule has 1 aliphatic carbocycles. The Morgan fingerprint density at radius 3 is 2.93 bits per heavy atom. The Hall–Kier alpha value is -1.92. The van der Waals surface area contributed by atoms with Gasteiger partial charge in [0.05, 0.1) is 27.6 Å². The molecular weight excluding hydrogens is 432 g/mol. The van der Waals surface area contributed by atoms with Gasteiger partial charge in [-0.25, -0.2) is 9.97 Å². The summed E-state index contributed by atoms with van der Waals surface area (Å²) in [5.41, 5.74) is 4.53. The average molecular weight is 455 g/mol. The summed E-state index contributed by atoms with van der Waals surface area (Å²) in [6.07, 6.45) is 7.19. The third kappa shape index (κ3) is 3.55. The topological polar surface area (TPSA) is 42.7 Å². The van der Waals surface area contributed by atoms with Crippen molar-refractivity contribution in [1.82, 2.24) is 14.5 Å². The Morgan fingerprint density at radius 2 is 2.04 bits per heavy atom. The van der Waals surface area contributed by atoms with Gasteiger partial charge in [0.15, 0.2) is 5.13 Å². The summed E-state index contributed by atoms with van der Waals surface area (Å²) in [7, 11) is 0. The zero-order valence-electron chi connectivity index (χ0n) is 15.9. The molecule has 2 atom stereocenters. The van der Waals surface area contributed by atoms with Crippen molar-refractivity contribution < 1.29 is 0 Å². The maximum atomic E-state index is 4.82. The SMILES string of the molecule is CC1CCCCC1Nc1nc2ccc(Cn3cnc4cc(Br)ccc43)cc2s1. The van der Waals surface area contributed by atoms with Crippen LogP contribution < -0.4 is 5.32 Å².